The highest BCUT2D eigenvalue weighted by Gasteiger charge is 2.44. The van der Waals surface area contributed by atoms with Crippen LogP contribution in [0.5, 0.6) is 0 Å². The zero-order valence-electron chi connectivity index (χ0n) is 12.8. The number of carbonyl (C=O) groups is 1. The molecular formula is C15H16ClN5O2. The normalized spacial score (nSPS) is 19.8. The molecule has 0 aromatic heterocycles. The predicted octanol–water partition coefficient (Wildman–Crippen LogP) is 2.03. The van der Waals surface area contributed by atoms with E-state index in [1.807, 2.05) is 26.0 Å². The van der Waals surface area contributed by atoms with Gasteiger partial charge >= 0.3 is 0 Å². The Bertz CT molecular complexity index is 739. The Hall–Kier alpha value is -2.41. The van der Waals surface area contributed by atoms with E-state index in [4.69, 9.17) is 17.3 Å². The molecule has 0 spiro atoms. The monoisotopic (exact) mass is 333 g/mol. The molecule has 1 aromatic carbocycles. The third-order valence-electron chi connectivity index (χ3n) is 3.76. The van der Waals surface area contributed by atoms with Crippen molar-refractivity contribution in [2.45, 2.75) is 25.9 Å². The lowest BCUT2D eigenvalue weighted by atomic mass is 10.1. The predicted molar refractivity (Wildman–Crippen MR) is 87.2 cm³/mol. The first-order valence-corrected chi connectivity index (χ1v) is 7.47. The third kappa shape index (κ3) is 2.68. The number of guanidine groups is 1. The van der Waals surface area contributed by atoms with Crippen LogP contribution in [0.25, 0.3) is 0 Å². The molecule has 8 heteroatoms. The highest BCUT2D eigenvalue weighted by atomic mass is 35.5. The minimum atomic E-state index is -0.505. The van der Waals surface area contributed by atoms with Gasteiger partial charge in [-0.25, -0.2) is 4.99 Å². The number of nitrogens with two attached hydrogens (primary N) is 1. The summed E-state index contributed by atoms with van der Waals surface area (Å²) in [6.45, 7) is 4.57. The fourth-order valence-corrected chi connectivity index (χ4v) is 2.81. The number of benzene rings is 1. The second-order valence-electron chi connectivity index (χ2n) is 6.15. The van der Waals surface area contributed by atoms with E-state index in [-0.39, 0.29) is 11.5 Å². The molecular weight excluding hydrogens is 318 g/mol. The molecule has 2 aliphatic heterocycles. The summed E-state index contributed by atoms with van der Waals surface area (Å²) in [5, 5.41) is 3.45. The number of aliphatic imine (C=N–C) groups is 1. The molecule has 1 aromatic rings. The van der Waals surface area contributed by atoms with Gasteiger partial charge in [-0.15, -0.1) is 4.91 Å². The van der Waals surface area contributed by atoms with Gasteiger partial charge in [-0.1, -0.05) is 23.7 Å². The molecule has 1 amide bonds. The molecule has 0 unspecified atom stereocenters. The molecule has 3 rings (SSSR count). The second-order valence-corrected chi connectivity index (χ2v) is 6.59. The third-order valence-corrected chi connectivity index (χ3v) is 4.01. The van der Waals surface area contributed by atoms with Crippen LogP contribution in [-0.4, -0.2) is 33.8 Å². The van der Waals surface area contributed by atoms with E-state index in [1.54, 1.807) is 17.0 Å². The summed E-state index contributed by atoms with van der Waals surface area (Å²) < 4.78 is 0. The van der Waals surface area contributed by atoms with E-state index < -0.39 is 11.4 Å². The van der Waals surface area contributed by atoms with E-state index in [0.29, 0.717) is 24.1 Å². The van der Waals surface area contributed by atoms with Crippen LogP contribution in [-0.2, 0) is 11.3 Å². The molecule has 23 heavy (non-hydrogen) atoms. The number of hydrogen-bond acceptors (Lipinski definition) is 6. The number of rotatable bonds is 3. The summed E-state index contributed by atoms with van der Waals surface area (Å²) in [6.07, 6.45) is 0. The average Bonchev–Trinajstić information content (AvgIpc) is 2.82. The topological polar surface area (TPSA) is 91.4 Å². The Morgan fingerprint density at radius 1 is 1.35 bits per heavy atom. The molecule has 0 radical (unpaired) electrons. The molecule has 0 bridgehead atoms. The van der Waals surface area contributed by atoms with Crippen molar-refractivity contribution in [3.8, 4) is 0 Å². The van der Waals surface area contributed by atoms with Gasteiger partial charge in [-0.05, 0) is 36.7 Å². The summed E-state index contributed by atoms with van der Waals surface area (Å²) in [4.78, 5) is 31.1. The van der Waals surface area contributed by atoms with Crippen LogP contribution >= 0.6 is 11.6 Å². The first-order chi connectivity index (χ1) is 10.8. The van der Waals surface area contributed by atoms with Gasteiger partial charge in [0.2, 0.25) is 11.7 Å². The van der Waals surface area contributed by atoms with Gasteiger partial charge in [0.05, 0.1) is 18.6 Å². The minimum Gasteiger partial charge on any atom is -0.383 e. The second kappa shape index (κ2) is 5.34. The molecule has 2 aliphatic rings. The maximum atomic E-state index is 12.3. The molecule has 7 nitrogen and oxygen atoms in total. The maximum absolute atomic E-state index is 12.3. The van der Waals surface area contributed by atoms with Crippen molar-refractivity contribution in [1.82, 2.24) is 9.80 Å². The zero-order chi connectivity index (χ0) is 16.8. The fourth-order valence-electron chi connectivity index (χ4n) is 2.68. The van der Waals surface area contributed by atoms with Crippen molar-refractivity contribution in [3.05, 3.63) is 51.3 Å². The summed E-state index contributed by atoms with van der Waals surface area (Å²) in [7, 11) is 0. The highest BCUT2D eigenvalue weighted by molar-refractivity contribution is 6.30. The smallest absolute Gasteiger partial charge is 0.286 e. The number of carbonyl (C=O) groups excluding carboxylic acids is 1. The lowest BCUT2D eigenvalue weighted by Crippen LogP contribution is -2.51. The minimum absolute atomic E-state index is 0.0210. The van der Waals surface area contributed by atoms with Crippen LogP contribution in [0.3, 0.4) is 0 Å². The number of nitroso groups, excluding NO2 is 1. The lowest BCUT2D eigenvalue weighted by molar-refractivity contribution is -0.124. The number of fused-ring (bicyclic) bond motifs is 1. The van der Waals surface area contributed by atoms with Gasteiger partial charge in [-0.3, -0.25) is 14.6 Å². The quantitative estimate of drug-likeness (QED) is 0.857. The first kappa shape index (κ1) is 15.5. The molecule has 0 saturated heterocycles. The van der Waals surface area contributed by atoms with Crippen LogP contribution in [0.4, 0.5) is 0 Å². The maximum Gasteiger partial charge on any atom is 0.286 e. The van der Waals surface area contributed by atoms with E-state index in [9.17, 15) is 9.70 Å². The van der Waals surface area contributed by atoms with E-state index >= 15 is 0 Å². The van der Waals surface area contributed by atoms with Gasteiger partial charge in [0.15, 0.2) is 0 Å². The van der Waals surface area contributed by atoms with Gasteiger partial charge in [0.1, 0.15) is 5.82 Å². The molecule has 0 saturated carbocycles. The highest BCUT2D eigenvalue weighted by Crippen LogP contribution is 2.30. The molecule has 2 heterocycles. The average molecular weight is 334 g/mol. The standard InChI is InChI=1S/C15H16ClN5O2/c1-15(2)8-21-13(22)11(19-23)12(17)20(14(21)18-15)7-9-3-5-10(16)6-4-9/h3-6H,7-8,17H2,1-2H3. The van der Waals surface area contributed by atoms with E-state index in [2.05, 4.69) is 10.2 Å². The van der Waals surface area contributed by atoms with Crippen LogP contribution in [0.15, 0.2) is 46.0 Å². The molecule has 2 N–H and O–H groups in total. The van der Waals surface area contributed by atoms with Gasteiger partial charge < -0.3 is 5.73 Å². The molecule has 120 valence electrons. The largest absolute Gasteiger partial charge is 0.383 e. The lowest BCUT2D eigenvalue weighted by Gasteiger charge is -2.34. The van der Waals surface area contributed by atoms with Crippen LogP contribution in [0, 0.1) is 4.91 Å². The molecule has 0 atom stereocenters. The van der Waals surface area contributed by atoms with E-state index in [0.717, 1.165) is 5.56 Å². The Morgan fingerprint density at radius 3 is 2.61 bits per heavy atom. The molecule has 0 aliphatic carbocycles. The van der Waals surface area contributed by atoms with Crippen molar-refractivity contribution < 1.29 is 4.79 Å². The van der Waals surface area contributed by atoms with Crippen LogP contribution < -0.4 is 5.73 Å². The zero-order valence-corrected chi connectivity index (χ0v) is 13.5. The Morgan fingerprint density at radius 2 is 2.00 bits per heavy atom. The summed E-state index contributed by atoms with van der Waals surface area (Å²) >= 11 is 5.89. The Kier molecular flexibility index (Phi) is 3.60. The fraction of sp³-hybridized carbons (Fsp3) is 0.333. The van der Waals surface area contributed by atoms with Gasteiger partial charge in [0.25, 0.3) is 5.91 Å². The number of nitrogens with zero attached hydrogens (tertiary/aromatic N) is 4. The molecule has 0 fully saturated rings. The number of hydrogen-bond donors (Lipinski definition) is 1. The SMILES string of the molecule is CC1(C)CN2C(=O)C(N=O)=C(N)N(Cc3ccc(Cl)cc3)C2=N1. The van der Waals surface area contributed by atoms with Crippen molar-refractivity contribution in [3.63, 3.8) is 0 Å². The van der Waals surface area contributed by atoms with Crippen molar-refractivity contribution >= 4 is 23.5 Å². The van der Waals surface area contributed by atoms with Crippen molar-refractivity contribution in [2.75, 3.05) is 6.54 Å². The van der Waals surface area contributed by atoms with Crippen LogP contribution in [0.2, 0.25) is 5.02 Å². The first-order valence-electron chi connectivity index (χ1n) is 7.09. The summed E-state index contributed by atoms with van der Waals surface area (Å²) in [5.74, 6) is -0.0401. The summed E-state index contributed by atoms with van der Waals surface area (Å²) in [5.41, 5.74) is 6.20. The van der Waals surface area contributed by atoms with Gasteiger partial charge in [0, 0.05) is 5.02 Å². The summed E-state index contributed by atoms with van der Waals surface area (Å²) in [6, 6.07) is 7.24. The van der Waals surface area contributed by atoms with Crippen molar-refractivity contribution in [1.29, 1.82) is 0 Å². The van der Waals surface area contributed by atoms with Crippen molar-refractivity contribution in [2.24, 2.45) is 15.9 Å². The number of amides is 1. The van der Waals surface area contributed by atoms with Gasteiger partial charge in [-0.2, -0.15) is 0 Å². The Balaban J connectivity index is 2.03. The number of halogens is 1. The van der Waals surface area contributed by atoms with Crippen LogP contribution in [0.1, 0.15) is 19.4 Å². The van der Waals surface area contributed by atoms with E-state index in [1.165, 1.54) is 4.90 Å². The Labute approximate surface area is 138 Å².